The first-order valence-electron chi connectivity index (χ1n) is 9.77. The van der Waals surface area contributed by atoms with Crippen molar-refractivity contribution in [3.63, 3.8) is 0 Å². The van der Waals surface area contributed by atoms with Crippen molar-refractivity contribution in [2.45, 2.75) is 24.9 Å². The molecule has 0 radical (unpaired) electrons. The van der Waals surface area contributed by atoms with Gasteiger partial charge in [-0.2, -0.15) is 0 Å². The second-order valence-corrected chi connectivity index (χ2v) is 7.57. The van der Waals surface area contributed by atoms with Crippen molar-refractivity contribution in [1.29, 1.82) is 5.41 Å². The van der Waals surface area contributed by atoms with Gasteiger partial charge in [0.1, 0.15) is 17.9 Å². The summed E-state index contributed by atoms with van der Waals surface area (Å²) in [6.45, 7) is 0.958. The Morgan fingerprint density at radius 2 is 1.76 bits per heavy atom. The first-order chi connectivity index (χ1) is 15.1. The lowest BCUT2D eigenvalue weighted by Gasteiger charge is -2.23. The van der Waals surface area contributed by atoms with Crippen LogP contribution in [-0.2, 0) is 19.9 Å². The Morgan fingerprint density at radius 1 is 1.15 bits per heavy atom. The van der Waals surface area contributed by atoms with Crippen molar-refractivity contribution in [1.82, 2.24) is 15.5 Å². The molecule has 1 fully saturated rings. The molecule has 2 aromatic carbocycles. The normalized spacial score (nSPS) is 18.2. The van der Waals surface area contributed by atoms with Crippen molar-refractivity contribution >= 4 is 42.1 Å². The highest BCUT2D eigenvalue weighted by atomic mass is 35.5. The standard InChI is InChI=1S/C22H23N5O5.ClH/c1-22(15-9-7-14(8-10-15)19(23)24)20(31)27(21(32)26-22)12-17(28)25-16(11-18(29)30)13-5-3-2-4-6-13;/h2-10,16H,11-12H2,1H3,(H3,23,24)(H,25,28)(H,26,32)(H,29,30);1H/t16-,22?;/m0./s1. The molecule has 0 spiro atoms. The molecule has 4 amide bonds. The number of nitrogens with zero attached hydrogens (tertiary/aromatic N) is 1. The molecule has 0 aliphatic carbocycles. The predicted octanol–water partition coefficient (Wildman–Crippen LogP) is 1.49. The lowest BCUT2D eigenvalue weighted by Crippen LogP contribution is -2.44. The number of carbonyl (C=O) groups is 4. The molecule has 0 saturated carbocycles. The average Bonchev–Trinajstić information content (AvgIpc) is 2.97. The molecule has 11 heteroatoms. The third kappa shape index (κ3) is 5.47. The van der Waals surface area contributed by atoms with Gasteiger partial charge in [0.25, 0.3) is 5.91 Å². The highest BCUT2D eigenvalue weighted by Gasteiger charge is 2.49. The number of amides is 4. The van der Waals surface area contributed by atoms with E-state index in [9.17, 15) is 24.3 Å². The van der Waals surface area contributed by atoms with E-state index >= 15 is 0 Å². The number of nitrogens with two attached hydrogens (primary N) is 1. The summed E-state index contributed by atoms with van der Waals surface area (Å²) >= 11 is 0. The van der Waals surface area contributed by atoms with Crippen LogP contribution in [-0.4, -0.2) is 46.2 Å². The van der Waals surface area contributed by atoms with Gasteiger partial charge in [0, 0.05) is 5.56 Å². The van der Waals surface area contributed by atoms with Crippen molar-refractivity contribution in [3.05, 3.63) is 71.3 Å². The van der Waals surface area contributed by atoms with Crippen LogP contribution in [0.2, 0.25) is 0 Å². The van der Waals surface area contributed by atoms with Crippen molar-refractivity contribution < 1.29 is 24.3 Å². The molecule has 3 rings (SSSR count). The van der Waals surface area contributed by atoms with Crippen molar-refractivity contribution in [2.75, 3.05) is 6.54 Å². The number of amidine groups is 1. The maximum absolute atomic E-state index is 13.0. The first-order valence-corrected chi connectivity index (χ1v) is 9.77. The third-order valence-electron chi connectivity index (χ3n) is 5.27. The first kappa shape index (κ1) is 25.3. The average molecular weight is 474 g/mol. The number of halogens is 1. The molecule has 1 saturated heterocycles. The Bertz CT molecular complexity index is 1080. The third-order valence-corrected chi connectivity index (χ3v) is 5.27. The molecule has 2 atom stereocenters. The smallest absolute Gasteiger partial charge is 0.325 e. The Hall–Kier alpha value is -3.92. The molecule has 0 aromatic heterocycles. The van der Waals surface area contributed by atoms with Gasteiger partial charge in [-0.25, -0.2) is 4.79 Å². The SMILES string of the molecule is CC1(c2ccc(C(=N)N)cc2)NC(=O)N(CC(=O)N[C@@H](CC(=O)O)c2ccccc2)C1=O.Cl. The molecule has 33 heavy (non-hydrogen) atoms. The highest BCUT2D eigenvalue weighted by Crippen LogP contribution is 2.29. The minimum atomic E-state index is -1.40. The van der Waals surface area contributed by atoms with Crippen LogP contribution in [0.15, 0.2) is 54.6 Å². The molecule has 10 nitrogen and oxygen atoms in total. The van der Waals surface area contributed by atoms with Crippen LogP contribution in [0.1, 0.15) is 36.1 Å². The Morgan fingerprint density at radius 3 is 2.30 bits per heavy atom. The van der Waals surface area contributed by atoms with Gasteiger partial charge in [-0.1, -0.05) is 54.6 Å². The number of rotatable bonds is 8. The van der Waals surface area contributed by atoms with E-state index in [-0.39, 0.29) is 24.7 Å². The summed E-state index contributed by atoms with van der Waals surface area (Å²) in [6, 6.07) is 13.3. The van der Waals surface area contributed by atoms with E-state index in [1.807, 2.05) is 0 Å². The number of nitrogen functional groups attached to an aromatic ring is 1. The van der Waals surface area contributed by atoms with Crippen LogP contribution in [0.3, 0.4) is 0 Å². The second kappa shape index (κ2) is 10.1. The van der Waals surface area contributed by atoms with Crippen LogP contribution in [0.25, 0.3) is 0 Å². The largest absolute Gasteiger partial charge is 0.481 e. The van der Waals surface area contributed by atoms with Crippen LogP contribution in [0.5, 0.6) is 0 Å². The van der Waals surface area contributed by atoms with E-state index in [0.717, 1.165) is 4.90 Å². The number of carboxylic acid groups (broad SMARTS) is 1. The molecule has 6 N–H and O–H groups in total. The summed E-state index contributed by atoms with van der Waals surface area (Å²) in [5, 5.41) is 21.8. The number of hydrogen-bond acceptors (Lipinski definition) is 5. The molecule has 1 aliphatic rings. The number of carbonyl (C=O) groups excluding carboxylic acids is 3. The number of aliphatic carboxylic acids is 1. The summed E-state index contributed by atoms with van der Waals surface area (Å²) in [7, 11) is 0. The minimum absolute atomic E-state index is 0. The van der Waals surface area contributed by atoms with Gasteiger partial charge >= 0.3 is 12.0 Å². The minimum Gasteiger partial charge on any atom is -0.481 e. The number of nitrogens with one attached hydrogen (secondary N) is 3. The van der Waals surface area contributed by atoms with Gasteiger partial charge in [0.15, 0.2) is 0 Å². The van der Waals surface area contributed by atoms with E-state index in [2.05, 4.69) is 10.6 Å². The zero-order valence-electron chi connectivity index (χ0n) is 17.7. The summed E-state index contributed by atoms with van der Waals surface area (Å²) < 4.78 is 0. The van der Waals surface area contributed by atoms with Gasteiger partial charge < -0.3 is 21.5 Å². The number of carboxylic acids is 1. The number of urea groups is 1. The fourth-order valence-electron chi connectivity index (χ4n) is 3.52. The Balaban J connectivity index is 0.00000385. The van der Waals surface area contributed by atoms with Crippen molar-refractivity contribution in [2.24, 2.45) is 5.73 Å². The maximum Gasteiger partial charge on any atom is 0.325 e. The van der Waals surface area contributed by atoms with E-state index in [0.29, 0.717) is 16.7 Å². The molecule has 1 heterocycles. The molecule has 174 valence electrons. The molecule has 0 bridgehead atoms. The second-order valence-electron chi connectivity index (χ2n) is 7.57. The number of imide groups is 1. The number of hydrogen-bond donors (Lipinski definition) is 5. The highest BCUT2D eigenvalue weighted by molar-refractivity contribution is 6.09. The topological polar surface area (TPSA) is 166 Å². The maximum atomic E-state index is 13.0. The van der Waals surface area contributed by atoms with Crippen LogP contribution >= 0.6 is 12.4 Å². The van der Waals surface area contributed by atoms with E-state index < -0.39 is 41.9 Å². The fraction of sp³-hybridized carbons (Fsp3) is 0.227. The summed E-state index contributed by atoms with van der Waals surface area (Å²) in [4.78, 5) is 50.1. The van der Waals surface area contributed by atoms with E-state index in [1.54, 1.807) is 54.6 Å². The van der Waals surface area contributed by atoms with E-state index in [4.69, 9.17) is 11.1 Å². The lowest BCUT2D eigenvalue weighted by molar-refractivity contribution is -0.138. The van der Waals surface area contributed by atoms with Crippen molar-refractivity contribution in [3.8, 4) is 0 Å². The number of benzene rings is 2. The predicted molar refractivity (Wildman–Crippen MR) is 122 cm³/mol. The summed E-state index contributed by atoms with van der Waals surface area (Å²) in [5.74, 6) is -2.52. The molecular weight excluding hydrogens is 450 g/mol. The monoisotopic (exact) mass is 473 g/mol. The zero-order chi connectivity index (χ0) is 23.5. The van der Waals surface area contributed by atoms with Crippen LogP contribution in [0.4, 0.5) is 4.79 Å². The van der Waals surface area contributed by atoms with Gasteiger partial charge in [-0.3, -0.25) is 24.7 Å². The van der Waals surface area contributed by atoms with E-state index in [1.165, 1.54) is 6.92 Å². The van der Waals surface area contributed by atoms with Gasteiger partial charge in [-0.15, -0.1) is 12.4 Å². The summed E-state index contributed by atoms with van der Waals surface area (Å²) in [6.07, 6.45) is -0.351. The Kier molecular flexibility index (Phi) is 7.78. The van der Waals surface area contributed by atoms with Gasteiger partial charge in [0.2, 0.25) is 5.91 Å². The molecular formula is C22H24ClN5O5. The molecule has 1 unspecified atom stereocenters. The van der Waals surface area contributed by atoms with Gasteiger partial charge in [-0.05, 0) is 18.1 Å². The lowest BCUT2D eigenvalue weighted by atomic mass is 9.91. The quantitative estimate of drug-likeness (QED) is 0.221. The molecule has 2 aromatic rings. The summed E-state index contributed by atoms with van der Waals surface area (Å²) in [5.41, 5.74) is 5.58. The molecule has 1 aliphatic heterocycles. The zero-order valence-corrected chi connectivity index (χ0v) is 18.5. The fourth-order valence-corrected chi connectivity index (χ4v) is 3.52. The van der Waals surface area contributed by atoms with Crippen LogP contribution < -0.4 is 16.4 Å². The van der Waals surface area contributed by atoms with Gasteiger partial charge in [0.05, 0.1) is 12.5 Å². The Labute approximate surface area is 196 Å². The van der Waals surface area contributed by atoms with Crippen LogP contribution in [0, 0.1) is 5.41 Å².